The van der Waals surface area contributed by atoms with Crippen LogP contribution in [0.4, 0.5) is 0 Å². The van der Waals surface area contributed by atoms with E-state index < -0.39 is 23.8 Å². The number of rotatable bonds is 5. The monoisotopic (exact) mass is 275 g/mol. The third-order valence-corrected chi connectivity index (χ3v) is 3.50. The second kappa shape index (κ2) is 5.86. The Bertz CT molecular complexity index is 553. The summed E-state index contributed by atoms with van der Waals surface area (Å²) in [6.07, 6.45) is 1.86. The highest BCUT2D eigenvalue weighted by Gasteiger charge is 2.38. The smallest absolute Gasteiger partial charge is 0.326 e. The first-order valence-electron chi connectivity index (χ1n) is 6.73. The summed E-state index contributed by atoms with van der Waals surface area (Å²) < 4.78 is 0. The highest BCUT2D eigenvalue weighted by molar-refractivity contribution is 6.11. The Morgan fingerprint density at radius 2 is 2.05 bits per heavy atom. The number of hydrogen-bond donors (Lipinski definition) is 1. The van der Waals surface area contributed by atoms with E-state index in [1.165, 1.54) is 0 Å². The number of imide groups is 1. The molecule has 0 aromatic heterocycles. The lowest BCUT2D eigenvalue weighted by Gasteiger charge is -2.31. The molecule has 1 heterocycles. The van der Waals surface area contributed by atoms with Crippen molar-refractivity contribution in [3.05, 3.63) is 35.4 Å². The van der Waals surface area contributed by atoms with E-state index in [1.54, 1.807) is 24.3 Å². The summed E-state index contributed by atoms with van der Waals surface area (Å²) >= 11 is 0. The lowest BCUT2D eigenvalue weighted by molar-refractivity contribution is -0.148. The van der Waals surface area contributed by atoms with Crippen molar-refractivity contribution >= 4 is 17.8 Å². The third kappa shape index (κ3) is 2.57. The summed E-state index contributed by atoms with van der Waals surface area (Å²) in [6.45, 7) is 1.94. The van der Waals surface area contributed by atoms with Crippen molar-refractivity contribution in [2.24, 2.45) is 0 Å². The van der Waals surface area contributed by atoms with Gasteiger partial charge in [0.2, 0.25) is 5.91 Å². The lowest BCUT2D eigenvalue weighted by atomic mass is 9.96. The molecule has 1 aromatic rings. The first-order chi connectivity index (χ1) is 9.56. The van der Waals surface area contributed by atoms with E-state index in [0.717, 1.165) is 11.3 Å². The summed E-state index contributed by atoms with van der Waals surface area (Å²) in [5.41, 5.74) is 1.09. The van der Waals surface area contributed by atoms with Crippen molar-refractivity contribution < 1.29 is 19.5 Å². The van der Waals surface area contributed by atoms with Crippen LogP contribution in [0.3, 0.4) is 0 Å². The number of benzene rings is 1. The fraction of sp³-hybridized carbons (Fsp3) is 0.400. The molecule has 1 aromatic carbocycles. The van der Waals surface area contributed by atoms with Crippen LogP contribution < -0.4 is 0 Å². The second-order valence-electron chi connectivity index (χ2n) is 4.90. The zero-order valence-corrected chi connectivity index (χ0v) is 11.3. The van der Waals surface area contributed by atoms with Crippen molar-refractivity contribution in [1.29, 1.82) is 0 Å². The molecule has 2 rings (SSSR count). The SMILES string of the molecule is CCCCC(C(=O)O)N1C(=O)Cc2ccccc2C1=O. The number of carbonyl (C=O) groups is 3. The molecule has 20 heavy (non-hydrogen) atoms. The number of amides is 2. The minimum atomic E-state index is -1.13. The van der Waals surface area contributed by atoms with Crippen LogP contribution in [0.25, 0.3) is 0 Å². The number of carbonyl (C=O) groups excluding carboxylic acids is 2. The molecule has 1 N–H and O–H groups in total. The van der Waals surface area contributed by atoms with Gasteiger partial charge in [-0.1, -0.05) is 38.0 Å². The molecule has 1 aliphatic heterocycles. The highest BCUT2D eigenvalue weighted by Crippen LogP contribution is 2.23. The number of hydrogen-bond acceptors (Lipinski definition) is 3. The summed E-state index contributed by atoms with van der Waals surface area (Å²) in [6, 6.07) is 5.77. The van der Waals surface area contributed by atoms with E-state index in [1.807, 2.05) is 6.92 Å². The molecular formula is C15H17NO4. The number of unbranched alkanes of at least 4 members (excludes halogenated alkanes) is 1. The van der Waals surface area contributed by atoms with Crippen molar-refractivity contribution in [2.75, 3.05) is 0 Å². The van der Waals surface area contributed by atoms with Gasteiger partial charge in [0.15, 0.2) is 0 Å². The topological polar surface area (TPSA) is 74.7 Å². The minimum Gasteiger partial charge on any atom is -0.480 e. The van der Waals surface area contributed by atoms with E-state index in [0.29, 0.717) is 24.0 Å². The fourth-order valence-electron chi connectivity index (χ4n) is 2.45. The Morgan fingerprint density at radius 3 is 2.70 bits per heavy atom. The van der Waals surface area contributed by atoms with Gasteiger partial charge >= 0.3 is 5.97 Å². The van der Waals surface area contributed by atoms with E-state index in [9.17, 15) is 19.5 Å². The number of fused-ring (bicyclic) bond motifs is 1. The first-order valence-corrected chi connectivity index (χ1v) is 6.73. The molecule has 2 amide bonds. The molecule has 5 nitrogen and oxygen atoms in total. The largest absolute Gasteiger partial charge is 0.480 e. The molecule has 1 aliphatic rings. The summed E-state index contributed by atoms with van der Waals surface area (Å²) in [4.78, 5) is 36.8. The predicted molar refractivity (Wildman–Crippen MR) is 72.3 cm³/mol. The summed E-state index contributed by atoms with van der Waals surface area (Å²) in [5.74, 6) is -2.06. The van der Waals surface area contributed by atoms with Gasteiger partial charge in [0, 0.05) is 5.56 Å². The van der Waals surface area contributed by atoms with Gasteiger partial charge in [-0.3, -0.25) is 14.5 Å². The van der Waals surface area contributed by atoms with E-state index in [2.05, 4.69) is 0 Å². The predicted octanol–water partition coefficient (Wildman–Crippen LogP) is 1.85. The van der Waals surface area contributed by atoms with Gasteiger partial charge in [0.05, 0.1) is 6.42 Å². The van der Waals surface area contributed by atoms with Crippen LogP contribution in [-0.2, 0) is 16.0 Å². The Balaban J connectivity index is 2.34. The van der Waals surface area contributed by atoms with Gasteiger partial charge in [-0.05, 0) is 18.1 Å². The molecule has 0 aliphatic carbocycles. The molecule has 0 saturated carbocycles. The van der Waals surface area contributed by atoms with Crippen molar-refractivity contribution in [3.63, 3.8) is 0 Å². The number of aliphatic carboxylic acids is 1. The van der Waals surface area contributed by atoms with Gasteiger partial charge in [0.1, 0.15) is 6.04 Å². The van der Waals surface area contributed by atoms with Crippen LogP contribution in [0, 0.1) is 0 Å². The quantitative estimate of drug-likeness (QED) is 0.832. The third-order valence-electron chi connectivity index (χ3n) is 3.50. The zero-order chi connectivity index (χ0) is 14.7. The maximum Gasteiger partial charge on any atom is 0.326 e. The standard InChI is InChI=1S/C15H17NO4/c1-2-3-8-12(15(19)20)16-13(17)9-10-6-4-5-7-11(10)14(16)18/h4-7,12H,2-3,8-9H2,1H3,(H,19,20). The van der Waals surface area contributed by atoms with Gasteiger partial charge in [0.25, 0.3) is 5.91 Å². The molecule has 0 saturated heterocycles. The van der Waals surface area contributed by atoms with Crippen LogP contribution in [0.15, 0.2) is 24.3 Å². The van der Waals surface area contributed by atoms with Gasteiger partial charge in [-0.25, -0.2) is 4.79 Å². The van der Waals surface area contributed by atoms with Crippen LogP contribution in [0.2, 0.25) is 0 Å². The molecule has 106 valence electrons. The van der Waals surface area contributed by atoms with E-state index in [4.69, 9.17) is 0 Å². The average molecular weight is 275 g/mol. The molecule has 0 spiro atoms. The zero-order valence-electron chi connectivity index (χ0n) is 11.3. The van der Waals surface area contributed by atoms with Gasteiger partial charge in [-0.15, -0.1) is 0 Å². The number of carboxylic acid groups (broad SMARTS) is 1. The van der Waals surface area contributed by atoms with Crippen LogP contribution in [0.1, 0.15) is 42.1 Å². The maximum atomic E-state index is 12.4. The number of carboxylic acids is 1. The van der Waals surface area contributed by atoms with Gasteiger partial charge in [-0.2, -0.15) is 0 Å². The van der Waals surface area contributed by atoms with Gasteiger partial charge < -0.3 is 5.11 Å². The highest BCUT2D eigenvalue weighted by atomic mass is 16.4. The van der Waals surface area contributed by atoms with Crippen LogP contribution in [0.5, 0.6) is 0 Å². The molecule has 1 atom stereocenters. The molecule has 0 radical (unpaired) electrons. The molecule has 0 fully saturated rings. The first kappa shape index (κ1) is 14.2. The lowest BCUT2D eigenvalue weighted by Crippen LogP contribution is -2.51. The Kier molecular flexibility index (Phi) is 4.17. The summed E-state index contributed by atoms with van der Waals surface area (Å²) in [7, 11) is 0. The maximum absolute atomic E-state index is 12.4. The van der Waals surface area contributed by atoms with Crippen molar-refractivity contribution in [2.45, 2.75) is 38.6 Å². The average Bonchev–Trinajstić information content (AvgIpc) is 2.42. The molecular weight excluding hydrogens is 258 g/mol. The van der Waals surface area contributed by atoms with Crippen LogP contribution >= 0.6 is 0 Å². The Morgan fingerprint density at radius 1 is 1.35 bits per heavy atom. The van der Waals surface area contributed by atoms with E-state index >= 15 is 0 Å². The Labute approximate surface area is 117 Å². The van der Waals surface area contributed by atoms with Crippen molar-refractivity contribution in [3.8, 4) is 0 Å². The van der Waals surface area contributed by atoms with Crippen molar-refractivity contribution in [1.82, 2.24) is 4.90 Å². The summed E-state index contributed by atoms with van der Waals surface area (Å²) in [5, 5.41) is 9.29. The Hall–Kier alpha value is -2.17. The molecule has 0 bridgehead atoms. The minimum absolute atomic E-state index is 0.0812. The van der Waals surface area contributed by atoms with Crippen LogP contribution in [-0.4, -0.2) is 33.8 Å². The second-order valence-corrected chi connectivity index (χ2v) is 4.90. The number of nitrogens with zero attached hydrogens (tertiary/aromatic N) is 1. The van der Waals surface area contributed by atoms with E-state index in [-0.39, 0.29) is 6.42 Å². The fourth-order valence-corrected chi connectivity index (χ4v) is 2.45. The normalized spacial score (nSPS) is 15.9. The molecule has 5 heteroatoms. The molecule has 1 unspecified atom stereocenters.